The molecule has 3 aliphatic heterocycles. The van der Waals surface area contributed by atoms with Crippen LogP contribution in [0.25, 0.3) is 0 Å². The molecule has 39 heavy (non-hydrogen) atoms. The molecule has 0 radical (unpaired) electrons. The van der Waals surface area contributed by atoms with Crippen LogP contribution in [0.3, 0.4) is 0 Å². The van der Waals surface area contributed by atoms with E-state index in [1.807, 2.05) is 0 Å². The van der Waals surface area contributed by atoms with Crippen molar-refractivity contribution in [3.63, 3.8) is 0 Å². The summed E-state index contributed by atoms with van der Waals surface area (Å²) < 4.78 is 5.05. The van der Waals surface area contributed by atoms with Crippen LogP contribution in [0.15, 0.2) is 24.4 Å². The van der Waals surface area contributed by atoms with Crippen LogP contribution in [0, 0.1) is 17.2 Å². The van der Waals surface area contributed by atoms with E-state index >= 15 is 0 Å². The maximum Gasteiger partial charge on any atom is 0.328 e. The molecule has 0 aromatic carbocycles. The second kappa shape index (κ2) is 11.0. The number of carbonyl (C=O) groups excluding carboxylic acids is 3. The second-order valence-corrected chi connectivity index (χ2v) is 10.4. The first-order valence-corrected chi connectivity index (χ1v) is 13.1. The van der Waals surface area contributed by atoms with Crippen molar-refractivity contribution in [1.29, 1.82) is 5.26 Å². The van der Waals surface area contributed by atoms with Crippen molar-refractivity contribution >= 4 is 35.5 Å². The van der Waals surface area contributed by atoms with Crippen molar-refractivity contribution in [2.45, 2.75) is 37.3 Å². The van der Waals surface area contributed by atoms with Gasteiger partial charge in [0, 0.05) is 43.4 Å². The fourth-order valence-corrected chi connectivity index (χ4v) is 5.66. The zero-order valence-electron chi connectivity index (χ0n) is 22.1. The zero-order valence-corrected chi connectivity index (χ0v) is 22.1. The molecule has 0 spiro atoms. The topological polar surface area (TPSA) is 153 Å². The maximum atomic E-state index is 13.5. The minimum atomic E-state index is -0.614. The summed E-state index contributed by atoms with van der Waals surface area (Å²) in [5, 5.41) is 18.6. The van der Waals surface area contributed by atoms with Crippen LogP contribution in [0.1, 0.15) is 47.3 Å². The zero-order chi connectivity index (χ0) is 27.6. The number of aromatic nitrogens is 2. The summed E-state index contributed by atoms with van der Waals surface area (Å²) in [4.78, 5) is 50.8. The number of anilines is 3. The number of rotatable bonds is 8. The predicted molar refractivity (Wildman–Crippen MR) is 144 cm³/mol. The number of aldehydes is 1. The van der Waals surface area contributed by atoms with Gasteiger partial charge in [-0.25, -0.2) is 14.8 Å². The number of hydrogen-bond donors (Lipinski definition) is 3. The molecular formula is C27H32N8O4. The molecule has 0 atom stereocenters. The monoisotopic (exact) mass is 532 g/mol. The molecule has 1 aliphatic carbocycles. The summed E-state index contributed by atoms with van der Waals surface area (Å²) in [6, 6.07) is 6.42. The van der Waals surface area contributed by atoms with Crippen LogP contribution in [0.5, 0.6) is 0 Å². The van der Waals surface area contributed by atoms with Gasteiger partial charge in [-0.15, -0.1) is 0 Å². The van der Waals surface area contributed by atoms with Crippen LogP contribution >= 0.6 is 0 Å². The Morgan fingerprint density at radius 1 is 1.28 bits per heavy atom. The highest BCUT2D eigenvalue weighted by molar-refractivity contribution is 6.03. The largest absolute Gasteiger partial charge is 0.383 e. The quantitative estimate of drug-likeness (QED) is 0.343. The molecule has 3 N–H and O–H groups in total. The first-order chi connectivity index (χ1) is 18.9. The number of piperidine rings is 1. The van der Waals surface area contributed by atoms with Crippen molar-refractivity contribution in [1.82, 2.24) is 20.2 Å². The van der Waals surface area contributed by atoms with E-state index in [1.165, 1.54) is 6.20 Å². The Labute approximate surface area is 226 Å². The van der Waals surface area contributed by atoms with Gasteiger partial charge in [0.05, 0.1) is 23.4 Å². The first kappa shape index (κ1) is 26.5. The molecule has 1 saturated heterocycles. The van der Waals surface area contributed by atoms with E-state index in [0.29, 0.717) is 49.3 Å². The molecule has 2 bridgehead atoms. The van der Waals surface area contributed by atoms with Gasteiger partial charge in [-0.3, -0.25) is 19.8 Å². The number of pyridine rings is 2. The molecule has 2 aromatic rings. The summed E-state index contributed by atoms with van der Waals surface area (Å²) in [6.07, 6.45) is 4.76. The van der Waals surface area contributed by atoms with E-state index in [1.54, 1.807) is 30.2 Å². The van der Waals surface area contributed by atoms with Gasteiger partial charge in [0.1, 0.15) is 23.4 Å². The molecule has 12 nitrogen and oxygen atoms in total. The van der Waals surface area contributed by atoms with Gasteiger partial charge in [-0.2, -0.15) is 5.26 Å². The van der Waals surface area contributed by atoms with Crippen LogP contribution in [0.2, 0.25) is 0 Å². The highest BCUT2D eigenvalue weighted by atomic mass is 16.5. The highest BCUT2D eigenvalue weighted by Crippen LogP contribution is 2.53. The van der Waals surface area contributed by atoms with Crippen molar-refractivity contribution in [2.75, 3.05) is 55.9 Å². The number of nitrogens with one attached hydrogen (secondary N) is 3. The summed E-state index contributed by atoms with van der Waals surface area (Å²) >= 11 is 0. The van der Waals surface area contributed by atoms with Gasteiger partial charge >= 0.3 is 6.03 Å². The minimum absolute atomic E-state index is 0.0279. The Morgan fingerprint density at radius 2 is 2.05 bits per heavy atom. The normalized spacial score (nSPS) is 22.2. The van der Waals surface area contributed by atoms with Crippen LogP contribution < -0.4 is 20.9 Å². The smallest absolute Gasteiger partial charge is 0.328 e. The molecular weight excluding hydrogens is 500 g/mol. The fraction of sp³-hybridized carbons (Fsp3) is 0.481. The lowest BCUT2D eigenvalue weighted by atomic mass is 9.64. The number of carbonyl (C=O) groups is 3. The average Bonchev–Trinajstić information content (AvgIpc) is 2.92. The van der Waals surface area contributed by atoms with E-state index in [-0.39, 0.29) is 29.4 Å². The third-order valence-corrected chi connectivity index (χ3v) is 7.85. The molecule has 3 amide bonds. The lowest BCUT2D eigenvalue weighted by Crippen LogP contribution is -2.68. The summed E-state index contributed by atoms with van der Waals surface area (Å²) in [5.74, 6) is 0.602. The van der Waals surface area contributed by atoms with Gasteiger partial charge in [-0.05, 0) is 51.9 Å². The Morgan fingerprint density at radius 3 is 2.74 bits per heavy atom. The van der Waals surface area contributed by atoms with Gasteiger partial charge in [0.2, 0.25) is 5.91 Å². The SMILES string of the molecule is COCCNc1cc(NC(=O)N2c3nc(C=O)ccc3C3(NC(=O)C4CCN(C)CC4)CC2C3)ncc1C#N. The molecule has 1 saturated carbocycles. The van der Waals surface area contributed by atoms with Crippen molar-refractivity contribution in [3.8, 4) is 6.07 Å². The van der Waals surface area contributed by atoms with Crippen molar-refractivity contribution < 1.29 is 19.1 Å². The first-order valence-electron chi connectivity index (χ1n) is 13.1. The Kier molecular flexibility index (Phi) is 7.45. The van der Waals surface area contributed by atoms with Gasteiger partial charge in [0.15, 0.2) is 6.29 Å². The molecule has 12 heteroatoms. The number of nitriles is 1. The van der Waals surface area contributed by atoms with Crippen molar-refractivity contribution in [3.05, 3.63) is 41.2 Å². The number of amides is 3. The van der Waals surface area contributed by atoms with E-state index in [9.17, 15) is 19.6 Å². The van der Waals surface area contributed by atoms with Crippen LogP contribution in [0.4, 0.5) is 22.1 Å². The van der Waals surface area contributed by atoms with E-state index in [2.05, 4.69) is 43.9 Å². The maximum absolute atomic E-state index is 13.5. The van der Waals surface area contributed by atoms with Gasteiger partial charge in [-0.1, -0.05) is 6.07 Å². The van der Waals surface area contributed by atoms with E-state index in [4.69, 9.17) is 4.74 Å². The van der Waals surface area contributed by atoms with Crippen LogP contribution in [-0.2, 0) is 15.1 Å². The Balaban J connectivity index is 1.37. The third kappa shape index (κ3) is 5.15. The summed E-state index contributed by atoms with van der Waals surface area (Å²) in [6.45, 7) is 2.70. The molecule has 0 unspecified atom stereocenters. The Hall–Kier alpha value is -4.08. The molecule has 5 heterocycles. The lowest BCUT2D eigenvalue weighted by molar-refractivity contribution is -0.130. The fourth-order valence-electron chi connectivity index (χ4n) is 5.66. The van der Waals surface area contributed by atoms with Crippen molar-refractivity contribution in [2.24, 2.45) is 5.92 Å². The average molecular weight is 533 g/mol. The summed E-state index contributed by atoms with van der Waals surface area (Å²) in [7, 11) is 3.64. The third-order valence-electron chi connectivity index (χ3n) is 7.85. The number of hydrogen-bond acceptors (Lipinski definition) is 9. The molecule has 4 aliphatic rings. The molecule has 2 fully saturated rings. The number of methoxy groups -OCH3 is 1. The second-order valence-electron chi connectivity index (χ2n) is 10.4. The number of ether oxygens (including phenoxy) is 1. The van der Waals surface area contributed by atoms with Gasteiger partial charge < -0.3 is 20.3 Å². The number of urea groups is 1. The van der Waals surface area contributed by atoms with E-state index < -0.39 is 11.6 Å². The number of nitrogens with zero attached hydrogens (tertiary/aromatic N) is 5. The van der Waals surface area contributed by atoms with Crippen LogP contribution in [-0.4, -0.2) is 79.5 Å². The molecule has 204 valence electrons. The minimum Gasteiger partial charge on any atom is -0.383 e. The highest BCUT2D eigenvalue weighted by Gasteiger charge is 2.57. The predicted octanol–water partition coefficient (Wildman–Crippen LogP) is 2.09. The molecule has 6 rings (SSSR count). The van der Waals surface area contributed by atoms with E-state index in [0.717, 1.165) is 31.5 Å². The van der Waals surface area contributed by atoms with Gasteiger partial charge in [0.25, 0.3) is 0 Å². The summed E-state index contributed by atoms with van der Waals surface area (Å²) in [5.41, 5.74) is 1.18. The lowest BCUT2D eigenvalue weighted by Gasteiger charge is -2.57. The standard InChI is InChI=1S/C27H32N8O4/c1-34-8-5-17(6-9-34)25(37)33-27-12-20(13-27)35(24-21(27)4-3-19(16-36)31-24)26(38)32-23-11-22(29-7-10-39-2)18(14-28)15-30-23/h3-4,11,15-17,20H,5-10,12-13H2,1-2H3,(H,33,37)(H2,29,30,32,38). The molecule has 2 aromatic heterocycles. The Bertz CT molecular complexity index is 1310. The number of likely N-dealkylation sites (tertiary alicyclic amines) is 1.